The number of nitrogens with zero attached hydrogens (tertiary/aromatic N) is 1. The normalized spacial score (nSPS) is 11.2. The number of carbonyl (C=O) groups excluding carboxylic acids is 1. The second-order valence-electron chi connectivity index (χ2n) is 6.17. The minimum atomic E-state index is -3.79. The van der Waals surface area contributed by atoms with Gasteiger partial charge in [0.25, 0.3) is 10.0 Å². The zero-order valence-corrected chi connectivity index (χ0v) is 17.6. The van der Waals surface area contributed by atoms with Gasteiger partial charge in [-0.05, 0) is 56.3 Å². The summed E-state index contributed by atoms with van der Waals surface area (Å²) >= 11 is 3.31. The van der Waals surface area contributed by atoms with Crippen molar-refractivity contribution in [1.82, 2.24) is 5.16 Å². The van der Waals surface area contributed by atoms with Gasteiger partial charge in [0.2, 0.25) is 5.91 Å². The van der Waals surface area contributed by atoms with Crippen LogP contribution < -0.4 is 10.0 Å². The molecule has 3 rings (SSSR count). The molecule has 0 unspecified atom stereocenters. The van der Waals surface area contributed by atoms with Crippen LogP contribution in [0.2, 0.25) is 0 Å². The number of halogens is 1. The largest absolute Gasteiger partial charge is 0.361 e. The molecule has 1 heterocycles. The Hall–Kier alpha value is -2.65. The van der Waals surface area contributed by atoms with E-state index in [4.69, 9.17) is 4.52 Å². The number of hydrogen-bond donors (Lipinski definition) is 2. The standard InChI is InChI=1S/C19H18BrN3O4S/c1-12-18(13(2)27-22-12)11-19(24)21-16-4-3-5-17(10-16)28(25,26)23-15-8-6-14(20)7-9-15/h3-10,23H,11H2,1-2H3,(H,21,24). The molecular weight excluding hydrogens is 446 g/mol. The van der Waals surface area contributed by atoms with Gasteiger partial charge in [0.05, 0.1) is 17.0 Å². The highest BCUT2D eigenvalue weighted by Crippen LogP contribution is 2.21. The van der Waals surface area contributed by atoms with E-state index in [1.165, 1.54) is 12.1 Å². The van der Waals surface area contributed by atoms with E-state index in [1.807, 2.05) is 0 Å². The Balaban J connectivity index is 1.74. The summed E-state index contributed by atoms with van der Waals surface area (Å²) in [7, 11) is -3.79. The van der Waals surface area contributed by atoms with Crippen LogP contribution in [0.1, 0.15) is 17.0 Å². The van der Waals surface area contributed by atoms with Crippen LogP contribution >= 0.6 is 15.9 Å². The van der Waals surface area contributed by atoms with Crippen molar-refractivity contribution in [2.75, 3.05) is 10.0 Å². The third-order valence-corrected chi connectivity index (χ3v) is 5.95. The molecule has 0 fully saturated rings. The highest BCUT2D eigenvalue weighted by atomic mass is 79.9. The van der Waals surface area contributed by atoms with Gasteiger partial charge in [0.15, 0.2) is 0 Å². The predicted molar refractivity (Wildman–Crippen MR) is 110 cm³/mol. The summed E-state index contributed by atoms with van der Waals surface area (Å²) in [6, 6.07) is 12.9. The summed E-state index contributed by atoms with van der Waals surface area (Å²) in [4.78, 5) is 12.4. The first-order chi connectivity index (χ1) is 13.2. The Labute approximate surface area is 171 Å². The van der Waals surface area contributed by atoms with Crippen molar-refractivity contribution in [1.29, 1.82) is 0 Å². The summed E-state index contributed by atoms with van der Waals surface area (Å²) in [5.74, 6) is 0.299. The van der Waals surface area contributed by atoms with Gasteiger partial charge in [-0.15, -0.1) is 0 Å². The maximum absolute atomic E-state index is 12.6. The van der Waals surface area contributed by atoms with Crippen LogP contribution in [0.4, 0.5) is 11.4 Å². The molecule has 0 spiro atoms. The zero-order chi connectivity index (χ0) is 20.3. The summed E-state index contributed by atoms with van der Waals surface area (Å²) in [6.07, 6.45) is 0.0925. The molecule has 1 amide bonds. The number of benzene rings is 2. The highest BCUT2D eigenvalue weighted by Gasteiger charge is 2.17. The van der Waals surface area contributed by atoms with E-state index in [2.05, 4.69) is 31.1 Å². The molecule has 0 atom stereocenters. The Morgan fingerprint density at radius 3 is 2.46 bits per heavy atom. The van der Waals surface area contributed by atoms with E-state index in [0.717, 1.165) is 10.0 Å². The quantitative estimate of drug-likeness (QED) is 0.574. The molecule has 0 saturated heterocycles. The van der Waals surface area contributed by atoms with Gasteiger partial charge in [0.1, 0.15) is 5.76 Å². The molecular formula is C19H18BrN3O4S. The van der Waals surface area contributed by atoms with E-state index in [9.17, 15) is 13.2 Å². The zero-order valence-electron chi connectivity index (χ0n) is 15.2. The first kappa shape index (κ1) is 20.1. The number of anilines is 2. The number of aryl methyl sites for hydroxylation is 2. The van der Waals surface area contributed by atoms with E-state index >= 15 is 0 Å². The molecule has 7 nitrogen and oxygen atoms in total. The molecule has 2 aromatic carbocycles. The van der Waals surface area contributed by atoms with E-state index < -0.39 is 10.0 Å². The number of aromatic nitrogens is 1. The van der Waals surface area contributed by atoms with Crippen LogP contribution in [0, 0.1) is 13.8 Å². The van der Waals surface area contributed by atoms with Crippen LogP contribution in [-0.2, 0) is 21.2 Å². The second-order valence-corrected chi connectivity index (χ2v) is 8.77. The molecule has 146 valence electrons. The van der Waals surface area contributed by atoms with Crippen LogP contribution in [0.25, 0.3) is 0 Å². The van der Waals surface area contributed by atoms with Gasteiger partial charge >= 0.3 is 0 Å². The maximum atomic E-state index is 12.6. The Kier molecular flexibility index (Phi) is 5.85. The van der Waals surface area contributed by atoms with Crippen LogP contribution in [0.15, 0.2) is 62.4 Å². The SMILES string of the molecule is Cc1noc(C)c1CC(=O)Nc1cccc(S(=O)(=O)Nc2ccc(Br)cc2)c1. The van der Waals surface area contributed by atoms with Crippen molar-refractivity contribution in [3.63, 3.8) is 0 Å². The van der Waals surface area contributed by atoms with Crippen LogP contribution in [-0.4, -0.2) is 19.5 Å². The summed E-state index contributed by atoms with van der Waals surface area (Å²) < 4.78 is 33.6. The molecule has 0 bridgehead atoms. The lowest BCUT2D eigenvalue weighted by Gasteiger charge is -2.10. The first-order valence-corrected chi connectivity index (χ1v) is 10.6. The average Bonchev–Trinajstić information content (AvgIpc) is 2.95. The number of hydrogen-bond acceptors (Lipinski definition) is 5. The van der Waals surface area contributed by atoms with Crippen molar-refractivity contribution in [3.8, 4) is 0 Å². The van der Waals surface area contributed by atoms with Crippen LogP contribution in [0.5, 0.6) is 0 Å². The molecule has 1 aromatic heterocycles. The Morgan fingerprint density at radius 1 is 1.11 bits per heavy atom. The van der Waals surface area contributed by atoms with Gasteiger partial charge in [-0.1, -0.05) is 27.2 Å². The molecule has 0 saturated carbocycles. The molecule has 9 heteroatoms. The molecule has 0 aliphatic carbocycles. The van der Waals surface area contributed by atoms with Crippen molar-refractivity contribution in [2.24, 2.45) is 0 Å². The summed E-state index contributed by atoms with van der Waals surface area (Å²) in [5.41, 5.74) is 2.20. The third-order valence-electron chi connectivity index (χ3n) is 4.04. The van der Waals surface area contributed by atoms with Crippen molar-refractivity contribution in [2.45, 2.75) is 25.2 Å². The van der Waals surface area contributed by atoms with Gasteiger partial charge in [-0.3, -0.25) is 9.52 Å². The molecule has 0 radical (unpaired) electrons. The summed E-state index contributed by atoms with van der Waals surface area (Å²) in [5, 5.41) is 6.53. The predicted octanol–water partition coefficient (Wildman–Crippen LogP) is 4.04. The number of nitrogens with one attached hydrogen (secondary N) is 2. The minimum absolute atomic E-state index is 0.0468. The van der Waals surface area contributed by atoms with Gasteiger partial charge in [-0.25, -0.2) is 8.42 Å². The molecule has 28 heavy (non-hydrogen) atoms. The summed E-state index contributed by atoms with van der Waals surface area (Å²) in [6.45, 7) is 3.50. The topological polar surface area (TPSA) is 101 Å². The van der Waals surface area contributed by atoms with E-state index in [1.54, 1.807) is 50.2 Å². The fourth-order valence-electron chi connectivity index (χ4n) is 2.59. The highest BCUT2D eigenvalue weighted by molar-refractivity contribution is 9.10. The molecule has 2 N–H and O–H groups in total. The number of sulfonamides is 1. The van der Waals surface area contributed by atoms with E-state index in [0.29, 0.717) is 22.8 Å². The maximum Gasteiger partial charge on any atom is 0.261 e. The monoisotopic (exact) mass is 463 g/mol. The first-order valence-electron chi connectivity index (χ1n) is 8.34. The molecule has 3 aromatic rings. The second kappa shape index (κ2) is 8.15. The lowest BCUT2D eigenvalue weighted by atomic mass is 10.1. The van der Waals surface area contributed by atoms with Gasteiger partial charge < -0.3 is 9.84 Å². The lowest BCUT2D eigenvalue weighted by molar-refractivity contribution is -0.115. The minimum Gasteiger partial charge on any atom is -0.361 e. The Morgan fingerprint density at radius 2 is 1.82 bits per heavy atom. The van der Waals surface area contributed by atoms with Gasteiger partial charge in [-0.2, -0.15) is 0 Å². The van der Waals surface area contributed by atoms with Crippen molar-refractivity contribution in [3.05, 3.63) is 70.0 Å². The number of amides is 1. The lowest BCUT2D eigenvalue weighted by Crippen LogP contribution is -2.16. The molecule has 0 aliphatic rings. The fraction of sp³-hybridized carbons (Fsp3) is 0.158. The third kappa shape index (κ3) is 4.79. The average molecular weight is 464 g/mol. The Bertz CT molecular complexity index is 1090. The van der Waals surface area contributed by atoms with Crippen molar-refractivity contribution < 1.29 is 17.7 Å². The number of carbonyl (C=O) groups is 1. The van der Waals surface area contributed by atoms with Crippen LogP contribution in [0.3, 0.4) is 0 Å². The fourth-order valence-corrected chi connectivity index (χ4v) is 3.96. The molecule has 0 aliphatic heterocycles. The number of rotatable bonds is 6. The van der Waals surface area contributed by atoms with Gasteiger partial charge in [0, 0.05) is 21.4 Å². The smallest absolute Gasteiger partial charge is 0.261 e. The van der Waals surface area contributed by atoms with E-state index in [-0.39, 0.29) is 17.2 Å². The van der Waals surface area contributed by atoms with Crippen molar-refractivity contribution >= 4 is 43.2 Å².